The van der Waals surface area contributed by atoms with Crippen molar-refractivity contribution < 1.29 is 9.18 Å². The van der Waals surface area contributed by atoms with Gasteiger partial charge in [0.15, 0.2) is 0 Å². The van der Waals surface area contributed by atoms with Crippen molar-refractivity contribution >= 4 is 23.2 Å². The van der Waals surface area contributed by atoms with E-state index in [1.54, 1.807) is 35.5 Å². The normalized spacial score (nSPS) is 10.4. The molecule has 0 unspecified atom stereocenters. The maximum atomic E-state index is 13.5. The number of aromatic nitrogens is 1. The minimum absolute atomic E-state index is 0.0203. The first-order valence-corrected chi connectivity index (χ1v) is 7.74. The molecule has 3 nitrogen and oxygen atoms in total. The van der Waals surface area contributed by atoms with Gasteiger partial charge in [-0.3, -0.25) is 9.78 Å². The molecule has 0 saturated carbocycles. The Morgan fingerprint density at radius 2 is 1.75 bits per heavy atom. The van der Waals surface area contributed by atoms with E-state index in [9.17, 15) is 9.18 Å². The Balaban J connectivity index is 2.00. The van der Waals surface area contributed by atoms with Crippen molar-refractivity contribution in [3.8, 4) is 0 Å². The number of nitrogens with zero attached hydrogens (tertiary/aromatic N) is 2. The molecular weight excluding hydrogens is 327 g/mol. The largest absolute Gasteiger partial charge is 0.304 e. The molecule has 0 atom stereocenters. The van der Waals surface area contributed by atoms with E-state index in [1.807, 2.05) is 30.3 Å². The minimum atomic E-state index is -0.517. The second kappa shape index (κ2) is 7.23. The third-order valence-corrected chi connectivity index (χ3v) is 3.86. The van der Waals surface area contributed by atoms with Gasteiger partial charge in [-0.15, -0.1) is 0 Å². The molecule has 24 heavy (non-hydrogen) atoms. The molecule has 0 fully saturated rings. The van der Waals surface area contributed by atoms with Crippen LogP contribution in [0.1, 0.15) is 15.9 Å². The maximum Gasteiger partial charge on any atom is 0.258 e. The predicted octanol–water partition coefficient (Wildman–Crippen LogP) is 4.72. The number of hydrogen-bond donors (Lipinski definition) is 0. The summed E-state index contributed by atoms with van der Waals surface area (Å²) in [7, 11) is 0. The first-order valence-electron chi connectivity index (χ1n) is 7.36. The van der Waals surface area contributed by atoms with E-state index in [2.05, 4.69) is 4.98 Å². The van der Waals surface area contributed by atoms with Gasteiger partial charge in [0.25, 0.3) is 5.91 Å². The fourth-order valence-electron chi connectivity index (χ4n) is 2.35. The quantitative estimate of drug-likeness (QED) is 0.688. The third kappa shape index (κ3) is 3.60. The lowest BCUT2D eigenvalue weighted by molar-refractivity contribution is 0.0985. The summed E-state index contributed by atoms with van der Waals surface area (Å²) < 4.78 is 13.5. The molecule has 0 radical (unpaired) electrons. The van der Waals surface area contributed by atoms with Gasteiger partial charge in [-0.05, 0) is 35.9 Å². The molecule has 0 bridgehead atoms. The summed E-state index contributed by atoms with van der Waals surface area (Å²) in [6.07, 6.45) is 3.12. The van der Waals surface area contributed by atoms with E-state index in [4.69, 9.17) is 11.6 Å². The molecular formula is C19H14ClFN2O. The molecule has 0 aliphatic rings. The Bertz CT molecular complexity index is 841. The summed E-state index contributed by atoms with van der Waals surface area (Å²) in [4.78, 5) is 18.4. The Hall–Kier alpha value is -2.72. The van der Waals surface area contributed by atoms with Gasteiger partial charge in [-0.25, -0.2) is 4.39 Å². The summed E-state index contributed by atoms with van der Waals surface area (Å²) in [5, 5.41) is -0.0203. The zero-order chi connectivity index (χ0) is 16.9. The Morgan fingerprint density at radius 3 is 2.42 bits per heavy atom. The monoisotopic (exact) mass is 340 g/mol. The van der Waals surface area contributed by atoms with E-state index in [0.717, 1.165) is 5.56 Å². The molecule has 0 aliphatic carbocycles. The number of carbonyl (C=O) groups excluding carboxylic acids is 1. The van der Waals surface area contributed by atoms with Crippen molar-refractivity contribution in [1.82, 2.24) is 4.98 Å². The SMILES string of the molecule is O=C(c1ccncc1)N(Cc1ccccc1)c1ccc(F)c(Cl)c1. The second-order valence-corrected chi connectivity index (χ2v) is 5.62. The standard InChI is InChI=1S/C19H14ClFN2O/c20-17-12-16(6-7-18(17)21)23(13-14-4-2-1-3-5-14)19(24)15-8-10-22-11-9-15/h1-12H,13H2. The van der Waals surface area contributed by atoms with Crippen molar-refractivity contribution in [3.05, 3.63) is 95.0 Å². The number of hydrogen-bond acceptors (Lipinski definition) is 2. The molecule has 2 aromatic carbocycles. The fourth-order valence-corrected chi connectivity index (χ4v) is 2.52. The topological polar surface area (TPSA) is 33.2 Å². The minimum Gasteiger partial charge on any atom is -0.304 e. The van der Waals surface area contributed by atoms with Crippen LogP contribution in [0.25, 0.3) is 0 Å². The van der Waals surface area contributed by atoms with Gasteiger partial charge in [-0.1, -0.05) is 41.9 Å². The molecule has 0 N–H and O–H groups in total. The molecule has 0 saturated heterocycles. The van der Waals surface area contributed by atoms with E-state index >= 15 is 0 Å². The van der Waals surface area contributed by atoms with Gasteiger partial charge in [0.2, 0.25) is 0 Å². The molecule has 3 rings (SSSR count). The highest BCUT2D eigenvalue weighted by atomic mass is 35.5. The Kier molecular flexibility index (Phi) is 4.87. The molecule has 1 amide bonds. The average molecular weight is 341 g/mol. The van der Waals surface area contributed by atoms with Crippen LogP contribution in [-0.4, -0.2) is 10.9 Å². The van der Waals surface area contributed by atoms with Gasteiger partial charge in [-0.2, -0.15) is 0 Å². The molecule has 5 heteroatoms. The van der Waals surface area contributed by atoms with Crippen LogP contribution in [0.3, 0.4) is 0 Å². The van der Waals surface area contributed by atoms with Gasteiger partial charge >= 0.3 is 0 Å². The van der Waals surface area contributed by atoms with Crippen LogP contribution in [0, 0.1) is 5.82 Å². The van der Waals surface area contributed by atoms with Crippen molar-refractivity contribution in [2.45, 2.75) is 6.54 Å². The predicted molar refractivity (Wildman–Crippen MR) is 92.6 cm³/mol. The highest BCUT2D eigenvalue weighted by Crippen LogP contribution is 2.25. The van der Waals surface area contributed by atoms with Crippen molar-refractivity contribution in [1.29, 1.82) is 0 Å². The summed E-state index contributed by atoms with van der Waals surface area (Å²) in [5.74, 6) is -0.722. The highest BCUT2D eigenvalue weighted by Gasteiger charge is 2.19. The van der Waals surface area contributed by atoms with Crippen LogP contribution < -0.4 is 4.90 Å². The van der Waals surface area contributed by atoms with Crippen LogP contribution in [-0.2, 0) is 6.54 Å². The number of amides is 1. The lowest BCUT2D eigenvalue weighted by Gasteiger charge is -2.23. The summed E-state index contributed by atoms with van der Waals surface area (Å²) >= 11 is 5.89. The summed E-state index contributed by atoms with van der Waals surface area (Å²) in [6.45, 7) is 0.351. The number of pyridine rings is 1. The second-order valence-electron chi connectivity index (χ2n) is 5.21. The van der Waals surface area contributed by atoms with Gasteiger partial charge in [0.05, 0.1) is 11.6 Å². The van der Waals surface area contributed by atoms with Crippen molar-refractivity contribution in [2.75, 3.05) is 4.90 Å². The lowest BCUT2D eigenvalue weighted by Crippen LogP contribution is -2.30. The number of benzene rings is 2. The van der Waals surface area contributed by atoms with E-state index in [1.165, 1.54) is 12.1 Å². The number of anilines is 1. The zero-order valence-corrected chi connectivity index (χ0v) is 13.4. The molecule has 120 valence electrons. The zero-order valence-electron chi connectivity index (χ0n) is 12.7. The molecule has 3 aromatic rings. The van der Waals surface area contributed by atoms with Crippen LogP contribution in [0.5, 0.6) is 0 Å². The van der Waals surface area contributed by atoms with Gasteiger partial charge < -0.3 is 4.90 Å². The van der Waals surface area contributed by atoms with Crippen molar-refractivity contribution in [3.63, 3.8) is 0 Å². The van der Waals surface area contributed by atoms with Crippen molar-refractivity contribution in [2.24, 2.45) is 0 Å². The van der Waals surface area contributed by atoms with E-state index < -0.39 is 5.82 Å². The molecule has 1 aromatic heterocycles. The average Bonchev–Trinajstić information content (AvgIpc) is 2.63. The van der Waals surface area contributed by atoms with Crippen LogP contribution in [0.15, 0.2) is 73.1 Å². The van der Waals surface area contributed by atoms with Crippen LogP contribution >= 0.6 is 11.6 Å². The maximum absolute atomic E-state index is 13.5. The lowest BCUT2D eigenvalue weighted by atomic mass is 10.1. The summed E-state index contributed by atoms with van der Waals surface area (Å²) in [5.41, 5.74) is 1.99. The van der Waals surface area contributed by atoms with Gasteiger partial charge in [0.1, 0.15) is 5.82 Å². The summed E-state index contributed by atoms with van der Waals surface area (Å²) in [6, 6.07) is 17.1. The number of carbonyl (C=O) groups is 1. The van der Waals surface area contributed by atoms with Gasteiger partial charge in [0, 0.05) is 23.6 Å². The van der Waals surface area contributed by atoms with E-state index in [-0.39, 0.29) is 10.9 Å². The van der Waals surface area contributed by atoms with E-state index in [0.29, 0.717) is 17.8 Å². The Labute approximate surface area is 144 Å². The van der Waals surface area contributed by atoms with Crippen LogP contribution in [0.4, 0.5) is 10.1 Å². The number of halogens is 2. The molecule has 1 heterocycles. The highest BCUT2D eigenvalue weighted by molar-refractivity contribution is 6.31. The smallest absolute Gasteiger partial charge is 0.258 e. The molecule has 0 aliphatic heterocycles. The first kappa shape index (κ1) is 16.1. The van der Waals surface area contributed by atoms with Crippen LogP contribution in [0.2, 0.25) is 5.02 Å². The Morgan fingerprint density at radius 1 is 1.04 bits per heavy atom. The third-order valence-electron chi connectivity index (χ3n) is 3.57. The first-order chi connectivity index (χ1) is 11.6. The number of rotatable bonds is 4. The fraction of sp³-hybridized carbons (Fsp3) is 0.0526. The molecule has 0 spiro atoms.